The van der Waals surface area contributed by atoms with Gasteiger partial charge in [0.2, 0.25) is 5.91 Å². The maximum atomic E-state index is 12.6. The van der Waals surface area contributed by atoms with Crippen LogP contribution >= 0.6 is 0 Å². The molecule has 3 aliphatic rings. The number of carbonyl (C=O) groups is 2. The third-order valence-corrected chi connectivity index (χ3v) is 4.84. The van der Waals surface area contributed by atoms with Gasteiger partial charge in [-0.3, -0.25) is 9.59 Å². The smallest absolute Gasteiger partial charge is 0.307 e. The van der Waals surface area contributed by atoms with E-state index in [1.165, 1.54) is 0 Å². The monoisotopic (exact) mass is 264 g/mol. The number of piperazine rings is 1. The van der Waals surface area contributed by atoms with Crippen LogP contribution in [0.1, 0.15) is 6.42 Å². The highest BCUT2D eigenvalue weighted by molar-refractivity contribution is 5.87. The first kappa shape index (κ1) is 12.7. The van der Waals surface area contributed by atoms with Crippen molar-refractivity contribution in [3.05, 3.63) is 12.2 Å². The highest BCUT2D eigenvalue weighted by Gasteiger charge is 2.52. The molecule has 4 atom stereocenters. The predicted octanol–water partition coefficient (Wildman–Crippen LogP) is 0.283. The molecule has 1 saturated heterocycles. The van der Waals surface area contributed by atoms with Crippen LogP contribution in [-0.4, -0.2) is 60.0 Å². The molecule has 0 radical (unpaired) electrons. The Bertz CT molecular complexity index is 426. The molecule has 1 saturated carbocycles. The van der Waals surface area contributed by atoms with Crippen molar-refractivity contribution in [1.82, 2.24) is 9.80 Å². The first-order chi connectivity index (χ1) is 9.08. The van der Waals surface area contributed by atoms with Gasteiger partial charge in [0, 0.05) is 26.2 Å². The lowest BCUT2D eigenvalue weighted by atomic mass is 9.82. The summed E-state index contributed by atoms with van der Waals surface area (Å²) in [5, 5.41) is 9.38. The molecular formula is C14H20N2O3. The fraction of sp³-hybridized carbons (Fsp3) is 0.714. The largest absolute Gasteiger partial charge is 0.481 e. The van der Waals surface area contributed by atoms with Crippen LogP contribution < -0.4 is 0 Å². The fourth-order valence-electron chi connectivity index (χ4n) is 3.73. The van der Waals surface area contributed by atoms with Gasteiger partial charge in [-0.25, -0.2) is 0 Å². The summed E-state index contributed by atoms with van der Waals surface area (Å²) in [5.74, 6) is -1.41. The molecule has 0 unspecified atom stereocenters. The Hall–Kier alpha value is -1.36. The molecule has 0 spiro atoms. The second-order valence-corrected chi connectivity index (χ2v) is 5.97. The van der Waals surface area contributed by atoms with E-state index in [1.807, 2.05) is 24.1 Å². The molecule has 2 aliphatic carbocycles. The van der Waals surface area contributed by atoms with Gasteiger partial charge in [0.1, 0.15) is 0 Å². The Kier molecular flexibility index (Phi) is 3.09. The topological polar surface area (TPSA) is 60.9 Å². The van der Waals surface area contributed by atoms with E-state index >= 15 is 0 Å². The van der Waals surface area contributed by atoms with Crippen molar-refractivity contribution in [2.24, 2.45) is 23.7 Å². The van der Waals surface area contributed by atoms with Crippen molar-refractivity contribution in [3.8, 4) is 0 Å². The number of rotatable bonds is 2. The molecule has 0 aromatic heterocycles. The fourth-order valence-corrected chi connectivity index (χ4v) is 3.73. The molecule has 1 N–H and O–H groups in total. The molecule has 0 aromatic rings. The van der Waals surface area contributed by atoms with Crippen molar-refractivity contribution in [2.75, 3.05) is 33.2 Å². The average Bonchev–Trinajstić information content (AvgIpc) is 2.98. The van der Waals surface area contributed by atoms with Crippen LogP contribution in [0.25, 0.3) is 0 Å². The number of allylic oxidation sites excluding steroid dienone is 2. The number of carboxylic acid groups (broad SMARTS) is 1. The van der Waals surface area contributed by atoms with Gasteiger partial charge in [0.25, 0.3) is 0 Å². The molecular weight excluding hydrogens is 244 g/mol. The molecule has 2 bridgehead atoms. The van der Waals surface area contributed by atoms with Crippen molar-refractivity contribution < 1.29 is 14.7 Å². The van der Waals surface area contributed by atoms with Gasteiger partial charge < -0.3 is 14.9 Å². The highest BCUT2D eigenvalue weighted by Crippen LogP contribution is 2.48. The van der Waals surface area contributed by atoms with Crippen LogP contribution in [-0.2, 0) is 9.59 Å². The molecule has 104 valence electrons. The zero-order chi connectivity index (χ0) is 13.6. The van der Waals surface area contributed by atoms with Crippen LogP contribution in [0, 0.1) is 23.7 Å². The summed E-state index contributed by atoms with van der Waals surface area (Å²) in [6.45, 7) is 3.19. The second kappa shape index (κ2) is 4.63. The zero-order valence-electron chi connectivity index (χ0n) is 11.2. The van der Waals surface area contributed by atoms with Gasteiger partial charge in [0.05, 0.1) is 11.8 Å². The molecule has 19 heavy (non-hydrogen) atoms. The van der Waals surface area contributed by atoms with Gasteiger partial charge in [0.15, 0.2) is 0 Å². The van der Waals surface area contributed by atoms with Gasteiger partial charge in [-0.2, -0.15) is 0 Å². The Morgan fingerprint density at radius 2 is 1.63 bits per heavy atom. The molecule has 5 nitrogen and oxygen atoms in total. The van der Waals surface area contributed by atoms with Crippen molar-refractivity contribution >= 4 is 11.9 Å². The molecule has 2 fully saturated rings. The number of fused-ring (bicyclic) bond motifs is 2. The summed E-state index contributed by atoms with van der Waals surface area (Å²) in [7, 11) is 2.04. The third kappa shape index (κ3) is 2.06. The lowest BCUT2D eigenvalue weighted by molar-refractivity contribution is -0.151. The van der Waals surface area contributed by atoms with Crippen LogP contribution in [0.15, 0.2) is 12.2 Å². The van der Waals surface area contributed by atoms with E-state index in [-0.39, 0.29) is 23.7 Å². The Morgan fingerprint density at radius 3 is 2.21 bits per heavy atom. The van der Waals surface area contributed by atoms with E-state index in [0.29, 0.717) is 0 Å². The number of carbonyl (C=O) groups excluding carboxylic acids is 1. The second-order valence-electron chi connectivity index (χ2n) is 5.97. The normalized spacial score (nSPS) is 37.8. The molecule has 1 heterocycles. The van der Waals surface area contributed by atoms with E-state index in [0.717, 1.165) is 32.6 Å². The number of hydrogen-bond acceptors (Lipinski definition) is 3. The zero-order valence-corrected chi connectivity index (χ0v) is 11.2. The highest BCUT2D eigenvalue weighted by atomic mass is 16.4. The Labute approximate surface area is 112 Å². The van der Waals surface area contributed by atoms with Crippen LogP contribution in [0.3, 0.4) is 0 Å². The third-order valence-electron chi connectivity index (χ3n) is 4.84. The predicted molar refractivity (Wildman–Crippen MR) is 69.4 cm³/mol. The summed E-state index contributed by atoms with van der Waals surface area (Å²) < 4.78 is 0. The maximum Gasteiger partial charge on any atom is 0.307 e. The summed E-state index contributed by atoms with van der Waals surface area (Å²) in [5.41, 5.74) is 0. The lowest BCUT2D eigenvalue weighted by Crippen LogP contribution is -2.51. The SMILES string of the molecule is CN1CCN(C(=O)[C@H]2[C@H](C(=O)O)[C@H]3C=C[C@H]2C3)CC1. The van der Waals surface area contributed by atoms with E-state index < -0.39 is 11.9 Å². The number of amides is 1. The first-order valence-corrected chi connectivity index (χ1v) is 6.96. The van der Waals surface area contributed by atoms with Gasteiger partial charge in [-0.15, -0.1) is 0 Å². The van der Waals surface area contributed by atoms with Gasteiger partial charge >= 0.3 is 5.97 Å². The number of carboxylic acids is 1. The number of likely N-dealkylation sites (N-methyl/N-ethyl adjacent to an activating group) is 1. The summed E-state index contributed by atoms with van der Waals surface area (Å²) in [4.78, 5) is 28.1. The molecule has 5 heteroatoms. The van der Waals surface area contributed by atoms with Gasteiger partial charge in [-0.1, -0.05) is 12.2 Å². The first-order valence-electron chi connectivity index (χ1n) is 6.96. The average molecular weight is 264 g/mol. The van der Waals surface area contributed by atoms with Crippen molar-refractivity contribution in [3.63, 3.8) is 0 Å². The van der Waals surface area contributed by atoms with Crippen LogP contribution in [0.2, 0.25) is 0 Å². The standard InChI is InChI=1S/C14H20N2O3/c1-15-4-6-16(7-5-15)13(17)11-9-2-3-10(8-9)12(11)14(18)19/h2-3,9-12H,4-8H2,1H3,(H,18,19)/t9-,10-,11+,12+/m0/s1. The Balaban J connectivity index is 1.75. The van der Waals surface area contributed by atoms with E-state index in [1.54, 1.807) is 0 Å². The van der Waals surface area contributed by atoms with Crippen LogP contribution in [0.4, 0.5) is 0 Å². The Morgan fingerprint density at radius 1 is 1.05 bits per heavy atom. The van der Waals surface area contributed by atoms with E-state index in [2.05, 4.69) is 4.90 Å². The summed E-state index contributed by atoms with van der Waals surface area (Å²) >= 11 is 0. The molecule has 0 aromatic carbocycles. The van der Waals surface area contributed by atoms with Crippen molar-refractivity contribution in [1.29, 1.82) is 0 Å². The maximum absolute atomic E-state index is 12.6. The quantitative estimate of drug-likeness (QED) is 0.728. The number of aliphatic carboxylic acids is 1. The molecule has 1 amide bonds. The molecule has 1 aliphatic heterocycles. The molecule has 3 rings (SSSR count). The van der Waals surface area contributed by atoms with Crippen molar-refractivity contribution in [2.45, 2.75) is 6.42 Å². The van der Waals surface area contributed by atoms with E-state index in [4.69, 9.17) is 0 Å². The van der Waals surface area contributed by atoms with E-state index in [9.17, 15) is 14.7 Å². The minimum atomic E-state index is -0.815. The minimum absolute atomic E-state index is 0.0531. The summed E-state index contributed by atoms with van der Waals surface area (Å²) in [6, 6.07) is 0. The lowest BCUT2D eigenvalue weighted by Gasteiger charge is -2.36. The minimum Gasteiger partial charge on any atom is -0.481 e. The van der Waals surface area contributed by atoms with Gasteiger partial charge in [-0.05, 0) is 25.3 Å². The number of hydrogen-bond donors (Lipinski definition) is 1. The number of nitrogens with zero attached hydrogens (tertiary/aromatic N) is 2. The van der Waals surface area contributed by atoms with Crippen LogP contribution in [0.5, 0.6) is 0 Å². The summed E-state index contributed by atoms with van der Waals surface area (Å²) in [6.07, 6.45) is 4.86.